The smallest absolute Gasteiger partial charge is 0.249 e. The Hall–Kier alpha value is -4.94. The number of anilines is 2. The standard InChI is InChI=1S/C17H15BrN4O.C17H16N4O2/c18-10-11-4-6-12(7-5-11)14-2-1-3-15-19-17(21-22(14)15)20-16(23)13-8-9-13;22-10-11-4-6-12(7-5-11)14-2-1-3-15-18-17(20-21(14)15)19-16(23)13-8-9-13/h1-7,13H,8-10H2,(H,20,21,23);1-7,13,22H,8-10H2,(H,19,20,23). The molecule has 0 bridgehead atoms. The van der Waals surface area contributed by atoms with E-state index in [4.69, 9.17) is 5.11 Å². The van der Waals surface area contributed by atoms with Gasteiger partial charge in [-0.3, -0.25) is 20.2 Å². The third-order valence-electron chi connectivity index (χ3n) is 7.92. The zero-order chi connectivity index (χ0) is 31.6. The van der Waals surface area contributed by atoms with E-state index in [0.717, 1.165) is 64.7 Å². The molecule has 0 aliphatic heterocycles. The van der Waals surface area contributed by atoms with Crippen molar-refractivity contribution in [1.29, 1.82) is 0 Å². The first-order valence-electron chi connectivity index (χ1n) is 15.2. The minimum Gasteiger partial charge on any atom is -0.392 e. The number of benzene rings is 2. The number of alkyl halides is 1. The van der Waals surface area contributed by atoms with E-state index in [1.807, 2.05) is 60.7 Å². The second-order valence-corrected chi connectivity index (χ2v) is 12.0. The molecule has 4 heterocycles. The average molecular weight is 680 g/mol. The van der Waals surface area contributed by atoms with E-state index in [1.54, 1.807) is 9.03 Å². The van der Waals surface area contributed by atoms with E-state index in [0.29, 0.717) is 17.5 Å². The number of hydrogen-bond donors (Lipinski definition) is 3. The first kappa shape index (κ1) is 29.8. The lowest BCUT2D eigenvalue weighted by atomic mass is 10.1. The Morgan fingerprint density at radius 2 is 1.11 bits per heavy atom. The SMILES string of the molecule is O=C(Nc1nc2cccc(-c3ccc(CBr)cc3)n2n1)C1CC1.O=C(Nc1nc2cccc(-c3ccc(CO)cc3)n2n1)C1CC1. The number of aliphatic hydroxyl groups excluding tert-OH is 1. The normalized spacial score (nSPS) is 14.1. The third-order valence-corrected chi connectivity index (χ3v) is 8.57. The minimum atomic E-state index is -0.00486. The van der Waals surface area contributed by atoms with E-state index in [-0.39, 0.29) is 30.3 Å². The fourth-order valence-electron chi connectivity index (χ4n) is 5.01. The van der Waals surface area contributed by atoms with Gasteiger partial charge in [0, 0.05) is 28.3 Å². The molecule has 2 amide bonds. The molecule has 0 unspecified atom stereocenters. The Labute approximate surface area is 272 Å². The quantitative estimate of drug-likeness (QED) is 0.171. The topological polar surface area (TPSA) is 139 Å². The van der Waals surface area contributed by atoms with Crippen molar-refractivity contribution in [3.05, 3.63) is 96.1 Å². The number of rotatable bonds is 8. The van der Waals surface area contributed by atoms with E-state index in [9.17, 15) is 9.59 Å². The maximum atomic E-state index is 11.9. The summed E-state index contributed by atoms with van der Waals surface area (Å²) in [6, 6.07) is 27.4. The van der Waals surface area contributed by atoms with Crippen molar-refractivity contribution in [2.75, 3.05) is 10.6 Å². The number of fused-ring (bicyclic) bond motifs is 2. The Morgan fingerprint density at radius 1 is 0.674 bits per heavy atom. The molecule has 0 radical (unpaired) electrons. The number of aromatic nitrogens is 6. The Bertz CT molecular complexity index is 1880. The number of amides is 2. The Morgan fingerprint density at radius 3 is 1.50 bits per heavy atom. The number of nitrogens with one attached hydrogen (secondary N) is 2. The predicted molar refractivity (Wildman–Crippen MR) is 178 cm³/mol. The largest absolute Gasteiger partial charge is 0.392 e. The van der Waals surface area contributed by atoms with E-state index in [1.165, 1.54) is 5.56 Å². The van der Waals surface area contributed by atoms with E-state index in [2.05, 4.69) is 71.0 Å². The van der Waals surface area contributed by atoms with Crippen LogP contribution in [0.3, 0.4) is 0 Å². The second-order valence-electron chi connectivity index (χ2n) is 11.4. The van der Waals surface area contributed by atoms with Gasteiger partial charge in [0.15, 0.2) is 11.3 Å². The summed E-state index contributed by atoms with van der Waals surface area (Å²) in [5.41, 5.74) is 7.34. The van der Waals surface area contributed by atoms with Crippen molar-refractivity contribution in [1.82, 2.24) is 29.2 Å². The summed E-state index contributed by atoms with van der Waals surface area (Å²) in [5, 5.41) is 24.4. The van der Waals surface area contributed by atoms with Gasteiger partial charge < -0.3 is 5.11 Å². The average Bonchev–Trinajstić information content (AvgIpc) is 4.03. The van der Waals surface area contributed by atoms with E-state index >= 15 is 0 Å². The Kier molecular flexibility index (Phi) is 8.29. The van der Waals surface area contributed by atoms with Gasteiger partial charge in [-0.2, -0.15) is 9.97 Å². The summed E-state index contributed by atoms with van der Waals surface area (Å²) in [7, 11) is 0. The number of nitrogens with zero attached hydrogens (tertiary/aromatic N) is 6. The molecular formula is C34H31BrN8O3. The predicted octanol–water partition coefficient (Wildman–Crippen LogP) is 5.88. The molecule has 4 aromatic heterocycles. The van der Waals surface area contributed by atoms with Crippen LogP contribution < -0.4 is 10.6 Å². The molecule has 8 rings (SSSR count). The van der Waals surface area contributed by atoms with Crippen LogP contribution in [0.2, 0.25) is 0 Å². The van der Waals surface area contributed by atoms with E-state index < -0.39 is 0 Å². The van der Waals surface area contributed by atoms with Gasteiger partial charge in [-0.05, 0) is 61.1 Å². The van der Waals surface area contributed by atoms with Crippen LogP contribution in [0.4, 0.5) is 11.9 Å². The molecular weight excluding hydrogens is 648 g/mol. The van der Waals surface area contributed by atoms with Crippen LogP contribution in [0, 0.1) is 11.8 Å². The summed E-state index contributed by atoms with van der Waals surface area (Å²) in [5.74, 6) is 0.969. The summed E-state index contributed by atoms with van der Waals surface area (Å²) in [6.07, 6.45) is 3.82. The molecule has 0 atom stereocenters. The van der Waals surface area contributed by atoms with Crippen molar-refractivity contribution < 1.29 is 14.7 Å². The summed E-state index contributed by atoms with van der Waals surface area (Å²) in [6.45, 7) is 0.0190. The highest BCUT2D eigenvalue weighted by molar-refractivity contribution is 9.08. The Balaban J connectivity index is 0.000000147. The summed E-state index contributed by atoms with van der Waals surface area (Å²) < 4.78 is 3.49. The molecule has 46 heavy (non-hydrogen) atoms. The van der Waals surface area contributed by atoms with Crippen LogP contribution in [0.15, 0.2) is 84.9 Å². The van der Waals surface area contributed by atoms with Gasteiger partial charge in [-0.25, -0.2) is 9.03 Å². The van der Waals surface area contributed by atoms with Gasteiger partial charge in [-0.1, -0.05) is 76.6 Å². The number of carbonyl (C=O) groups is 2. The maximum absolute atomic E-state index is 11.9. The van der Waals surface area contributed by atoms with Crippen molar-refractivity contribution in [2.45, 2.75) is 37.6 Å². The second kappa shape index (κ2) is 12.8. The van der Waals surface area contributed by atoms with Gasteiger partial charge in [0.2, 0.25) is 23.7 Å². The number of pyridine rings is 2. The highest BCUT2D eigenvalue weighted by atomic mass is 79.9. The lowest BCUT2D eigenvalue weighted by Gasteiger charge is -2.05. The van der Waals surface area contributed by atoms with Crippen LogP contribution in [0.25, 0.3) is 33.8 Å². The number of aliphatic hydroxyl groups is 1. The molecule has 2 aromatic carbocycles. The molecule has 3 N–H and O–H groups in total. The van der Waals surface area contributed by atoms with Crippen LogP contribution in [-0.2, 0) is 21.5 Å². The summed E-state index contributed by atoms with van der Waals surface area (Å²) >= 11 is 3.45. The fourth-order valence-corrected chi connectivity index (χ4v) is 5.39. The minimum absolute atomic E-state index is 0.00486. The first-order valence-corrected chi connectivity index (χ1v) is 16.3. The van der Waals surface area contributed by atoms with Crippen molar-refractivity contribution in [3.8, 4) is 22.5 Å². The molecule has 0 saturated heterocycles. The molecule has 232 valence electrons. The summed E-state index contributed by atoms with van der Waals surface area (Å²) in [4.78, 5) is 32.5. The number of hydrogen-bond acceptors (Lipinski definition) is 7. The van der Waals surface area contributed by atoms with Gasteiger partial charge in [-0.15, -0.1) is 10.2 Å². The maximum Gasteiger partial charge on any atom is 0.249 e. The molecule has 11 nitrogen and oxygen atoms in total. The molecule has 2 fully saturated rings. The van der Waals surface area contributed by atoms with Gasteiger partial charge in [0.1, 0.15) is 0 Å². The molecule has 0 spiro atoms. The molecule has 2 aliphatic rings. The third kappa shape index (κ3) is 6.53. The van der Waals surface area contributed by atoms with Crippen molar-refractivity contribution in [3.63, 3.8) is 0 Å². The molecule has 2 saturated carbocycles. The lowest BCUT2D eigenvalue weighted by Crippen LogP contribution is -2.14. The first-order chi connectivity index (χ1) is 22.5. The fraction of sp³-hybridized carbons (Fsp3) is 0.235. The zero-order valence-corrected chi connectivity index (χ0v) is 26.4. The lowest BCUT2D eigenvalue weighted by molar-refractivity contribution is -0.118. The zero-order valence-electron chi connectivity index (χ0n) is 24.8. The number of halogens is 1. The van der Waals surface area contributed by atoms with Gasteiger partial charge in [0.05, 0.1) is 18.0 Å². The van der Waals surface area contributed by atoms with Crippen molar-refractivity contribution >= 4 is 50.9 Å². The highest BCUT2D eigenvalue weighted by Crippen LogP contribution is 2.31. The van der Waals surface area contributed by atoms with Gasteiger partial charge >= 0.3 is 0 Å². The molecule has 12 heteroatoms. The highest BCUT2D eigenvalue weighted by Gasteiger charge is 2.31. The van der Waals surface area contributed by atoms with Crippen molar-refractivity contribution in [2.24, 2.45) is 11.8 Å². The molecule has 2 aliphatic carbocycles. The monoisotopic (exact) mass is 678 g/mol. The van der Waals surface area contributed by atoms with Crippen LogP contribution >= 0.6 is 15.9 Å². The molecule has 6 aromatic rings. The van der Waals surface area contributed by atoms with Gasteiger partial charge in [0.25, 0.3) is 0 Å². The van der Waals surface area contributed by atoms with Crippen LogP contribution in [0.5, 0.6) is 0 Å². The number of carbonyl (C=O) groups excluding carboxylic acids is 2. The van der Waals surface area contributed by atoms with Crippen LogP contribution in [-0.4, -0.2) is 46.1 Å². The van der Waals surface area contributed by atoms with Crippen LogP contribution in [0.1, 0.15) is 36.8 Å².